The Balaban J connectivity index is 1.75. The molecule has 0 unspecified atom stereocenters. The van der Waals surface area contributed by atoms with Crippen LogP contribution in [0.4, 0.5) is 15.9 Å². The molecular formula is C16H17BrFN3. The minimum Gasteiger partial charge on any atom is -0.378 e. The van der Waals surface area contributed by atoms with Gasteiger partial charge in [0.15, 0.2) is 5.82 Å². The van der Waals surface area contributed by atoms with Crippen molar-refractivity contribution in [3.63, 3.8) is 0 Å². The van der Waals surface area contributed by atoms with E-state index in [0.29, 0.717) is 6.54 Å². The topological polar surface area (TPSA) is 28.2 Å². The quantitative estimate of drug-likeness (QED) is 0.896. The first-order valence-electron chi connectivity index (χ1n) is 7.12. The van der Waals surface area contributed by atoms with Gasteiger partial charge in [0.05, 0.1) is 5.69 Å². The maximum atomic E-state index is 13.1. The summed E-state index contributed by atoms with van der Waals surface area (Å²) in [5.74, 6) is 0.776. The highest BCUT2D eigenvalue weighted by Crippen LogP contribution is 2.27. The SMILES string of the molecule is Fc1ccc(CNc2cccnc2N2CCCC2)c(Br)c1. The second kappa shape index (κ2) is 6.43. The maximum absolute atomic E-state index is 13.1. The lowest BCUT2D eigenvalue weighted by Gasteiger charge is -2.20. The van der Waals surface area contributed by atoms with E-state index in [1.807, 2.05) is 18.3 Å². The smallest absolute Gasteiger partial charge is 0.151 e. The number of halogens is 2. The van der Waals surface area contributed by atoms with Crippen molar-refractivity contribution in [2.45, 2.75) is 19.4 Å². The molecule has 2 heterocycles. The van der Waals surface area contributed by atoms with Crippen molar-refractivity contribution in [2.24, 2.45) is 0 Å². The highest BCUT2D eigenvalue weighted by Gasteiger charge is 2.16. The molecule has 0 atom stereocenters. The fraction of sp³-hybridized carbons (Fsp3) is 0.312. The van der Waals surface area contributed by atoms with E-state index in [-0.39, 0.29) is 5.82 Å². The van der Waals surface area contributed by atoms with Gasteiger partial charge in [0.1, 0.15) is 5.82 Å². The van der Waals surface area contributed by atoms with Gasteiger partial charge in [0.25, 0.3) is 0 Å². The molecule has 0 aliphatic carbocycles. The first-order chi connectivity index (χ1) is 10.2. The average molecular weight is 350 g/mol. The van der Waals surface area contributed by atoms with Crippen LogP contribution in [0, 0.1) is 5.82 Å². The lowest BCUT2D eigenvalue weighted by molar-refractivity contribution is 0.626. The van der Waals surface area contributed by atoms with E-state index in [4.69, 9.17) is 0 Å². The molecule has 3 nitrogen and oxygen atoms in total. The lowest BCUT2D eigenvalue weighted by Crippen LogP contribution is -2.20. The molecule has 0 saturated carbocycles. The van der Waals surface area contributed by atoms with Gasteiger partial charge in [0, 0.05) is 30.3 Å². The van der Waals surface area contributed by atoms with Crippen LogP contribution in [-0.4, -0.2) is 18.1 Å². The average Bonchev–Trinajstić information content (AvgIpc) is 3.01. The van der Waals surface area contributed by atoms with Gasteiger partial charge in [-0.2, -0.15) is 0 Å². The third kappa shape index (κ3) is 3.35. The summed E-state index contributed by atoms with van der Waals surface area (Å²) in [6.45, 7) is 2.76. The van der Waals surface area contributed by atoms with Crippen LogP contribution >= 0.6 is 15.9 Å². The molecule has 0 bridgehead atoms. The minimum atomic E-state index is -0.232. The first-order valence-corrected chi connectivity index (χ1v) is 7.91. The number of pyridine rings is 1. The van der Waals surface area contributed by atoms with Gasteiger partial charge in [-0.05, 0) is 42.7 Å². The molecule has 0 amide bonds. The second-order valence-corrected chi connectivity index (χ2v) is 6.01. The number of benzene rings is 1. The first kappa shape index (κ1) is 14.3. The summed E-state index contributed by atoms with van der Waals surface area (Å²) in [5, 5.41) is 3.41. The molecule has 5 heteroatoms. The zero-order valence-electron chi connectivity index (χ0n) is 11.6. The largest absolute Gasteiger partial charge is 0.378 e. The van der Waals surface area contributed by atoms with Crippen LogP contribution in [0.3, 0.4) is 0 Å². The zero-order chi connectivity index (χ0) is 14.7. The molecule has 1 fully saturated rings. The molecule has 0 spiro atoms. The number of rotatable bonds is 4. The fourth-order valence-electron chi connectivity index (χ4n) is 2.57. The van der Waals surface area contributed by atoms with Crippen molar-refractivity contribution in [2.75, 3.05) is 23.3 Å². The zero-order valence-corrected chi connectivity index (χ0v) is 13.2. The predicted molar refractivity (Wildman–Crippen MR) is 87.1 cm³/mol. The standard InChI is InChI=1S/C16H17BrFN3/c17-14-10-13(18)6-5-12(14)11-20-15-4-3-7-19-16(15)21-8-1-2-9-21/h3-7,10,20H,1-2,8-9,11H2. The number of aromatic nitrogens is 1. The molecule has 0 radical (unpaired) electrons. The molecule has 110 valence electrons. The summed E-state index contributed by atoms with van der Waals surface area (Å²) in [6, 6.07) is 8.73. The summed E-state index contributed by atoms with van der Waals surface area (Å²) in [5.41, 5.74) is 2.04. The molecule has 1 aliphatic heterocycles. The van der Waals surface area contributed by atoms with E-state index in [9.17, 15) is 4.39 Å². The molecule has 21 heavy (non-hydrogen) atoms. The monoisotopic (exact) mass is 349 g/mol. The Morgan fingerprint density at radius 1 is 1.24 bits per heavy atom. The maximum Gasteiger partial charge on any atom is 0.151 e. The van der Waals surface area contributed by atoms with E-state index in [1.165, 1.54) is 25.0 Å². The van der Waals surface area contributed by atoms with Crippen LogP contribution in [-0.2, 0) is 6.54 Å². The highest BCUT2D eigenvalue weighted by molar-refractivity contribution is 9.10. The number of nitrogens with one attached hydrogen (secondary N) is 1. The Kier molecular flexibility index (Phi) is 4.39. The van der Waals surface area contributed by atoms with Gasteiger partial charge < -0.3 is 10.2 Å². The van der Waals surface area contributed by atoms with Crippen LogP contribution in [0.5, 0.6) is 0 Å². The van der Waals surface area contributed by atoms with Gasteiger partial charge in [0.2, 0.25) is 0 Å². The van der Waals surface area contributed by atoms with Gasteiger partial charge in [-0.15, -0.1) is 0 Å². The van der Waals surface area contributed by atoms with E-state index >= 15 is 0 Å². The van der Waals surface area contributed by atoms with E-state index in [2.05, 4.69) is 31.1 Å². The van der Waals surface area contributed by atoms with Crippen LogP contribution in [0.1, 0.15) is 18.4 Å². The fourth-order valence-corrected chi connectivity index (χ4v) is 3.06. The van der Waals surface area contributed by atoms with E-state index < -0.39 is 0 Å². The number of nitrogens with zero attached hydrogens (tertiary/aromatic N) is 2. The van der Waals surface area contributed by atoms with E-state index in [0.717, 1.165) is 34.6 Å². The number of hydrogen-bond acceptors (Lipinski definition) is 3. The van der Waals surface area contributed by atoms with Crippen molar-refractivity contribution in [3.8, 4) is 0 Å². The van der Waals surface area contributed by atoms with Crippen LogP contribution in [0.25, 0.3) is 0 Å². The molecule has 1 aromatic carbocycles. The van der Waals surface area contributed by atoms with Crippen molar-refractivity contribution < 1.29 is 4.39 Å². The molecule has 3 rings (SSSR count). The van der Waals surface area contributed by atoms with Crippen molar-refractivity contribution >= 4 is 27.4 Å². The molecular weight excluding hydrogens is 333 g/mol. The normalized spacial score (nSPS) is 14.5. The van der Waals surface area contributed by atoms with Crippen LogP contribution in [0.15, 0.2) is 41.0 Å². The Labute approximate surface area is 132 Å². The summed E-state index contributed by atoms with van der Waals surface area (Å²) in [4.78, 5) is 6.81. The summed E-state index contributed by atoms with van der Waals surface area (Å²) in [6.07, 6.45) is 4.27. The third-order valence-electron chi connectivity index (χ3n) is 3.68. The second-order valence-electron chi connectivity index (χ2n) is 5.16. The van der Waals surface area contributed by atoms with Gasteiger partial charge in [-0.3, -0.25) is 0 Å². The van der Waals surface area contributed by atoms with Crippen molar-refractivity contribution in [3.05, 3.63) is 52.4 Å². The highest BCUT2D eigenvalue weighted by atomic mass is 79.9. The summed E-state index contributed by atoms with van der Waals surface area (Å²) in [7, 11) is 0. The summed E-state index contributed by atoms with van der Waals surface area (Å²) < 4.78 is 13.9. The molecule has 2 aromatic rings. The van der Waals surface area contributed by atoms with Gasteiger partial charge >= 0.3 is 0 Å². The molecule has 1 aliphatic rings. The van der Waals surface area contributed by atoms with E-state index in [1.54, 1.807) is 6.07 Å². The third-order valence-corrected chi connectivity index (χ3v) is 4.41. The number of anilines is 2. The molecule has 1 N–H and O–H groups in total. The predicted octanol–water partition coefficient (Wildman–Crippen LogP) is 4.20. The van der Waals surface area contributed by atoms with Gasteiger partial charge in [-0.1, -0.05) is 22.0 Å². The summed E-state index contributed by atoms with van der Waals surface area (Å²) >= 11 is 3.40. The van der Waals surface area contributed by atoms with Crippen LogP contribution in [0.2, 0.25) is 0 Å². The Morgan fingerprint density at radius 2 is 2.05 bits per heavy atom. The van der Waals surface area contributed by atoms with Crippen LogP contribution < -0.4 is 10.2 Å². The lowest BCUT2D eigenvalue weighted by atomic mass is 10.2. The Bertz CT molecular complexity index is 627. The molecule has 1 saturated heterocycles. The number of hydrogen-bond donors (Lipinski definition) is 1. The molecule has 1 aromatic heterocycles. The Morgan fingerprint density at radius 3 is 2.81 bits per heavy atom. The van der Waals surface area contributed by atoms with Gasteiger partial charge in [-0.25, -0.2) is 9.37 Å². The Hall–Kier alpha value is -1.62. The minimum absolute atomic E-state index is 0.232. The van der Waals surface area contributed by atoms with Crippen molar-refractivity contribution in [1.29, 1.82) is 0 Å². The van der Waals surface area contributed by atoms with Crippen molar-refractivity contribution in [1.82, 2.24) is 4.98 Å².